The molecule has 0 aliphatic carbocycles. The third kappa shape index (κ3) is 7.02. The molecule has 1 N–H and O–H groups in total. The summed E-state index contributed by atoms with van der Waals surface area (Å²) in [5, 5.41) is 10.0. The minimum atomic E-state index is -1.71. The summed E-state index contributed by atoms with van der Waals surface area (Å²) in [5.41, 5.74) is 5.47. The third-order valence-electron chi connectivity index (χ3n) is 4.94. The number of ether oxygens (including phenoxy) is 1. The lowest BCUT2D eigenvalue weighted by Gasteiger charge is -2.38. The minimum absolute atomic E-state index is 0.351. The van der Waals surface area contributed by atoms with E-state index in [9.17, 15) is 5.11 Å². The zero-order chi connectivity index (χ0) is 18.9. The van der Waals surface area contributed by atoms with Gasteiger partial charge in [0, 0.05) is 6.42 Å². The summed E-state index contributed by atoms with van der Waals surface area (Å²) in [6.45, 7) is 18.3. The van der Waals surface area contributed by atoms with E-state index >= 15 is 0 Å². The number of hydrogen-bond acceptors (Lipinski definition) is 2. The lowest BCUT2D eigenvalue weighted by molar-refractivity contribution is 0.0537. The van der Waals surface area contributed by atoms with Crippen LogP contribution in [0.2, 0.25) is 16.6 Å². The fraction of sp³-hybridized carbons (Fsp3) is 0.810. The van der Waals surface area contributed by atoms with Gasteiger partial charge in [0.25, 0.3) is 0 Å². The Kier molecular flexibility index (Phi) is 10.6. The van der Waals surface area contributed by atoms with Gasteiger partial charge in [-0.15, -0.1) is 12.0 Å². The number of hydrogen-bond donors (Lipinski definition) is 1. The maximum absolute atomic E-state index is 10.0. The summed E-state index contributed by atoms with van der Waals surface area (Å²) in [4.78, 5) is 0. The van der Waals surface area contributed by atoms with Gasteiger partial charge in [-0.05, 0) is 29.0 Å². The van der Waals surface area contributed by atoms with E-state index in [4.69, 9.17) is 11.2 Å². The van der Waals surface area contributed by atoms with Crippen molar-refractivity contribution in [2.75, 3.05) is 6.61 Å². The fourth-order valence-corrected chi connectivity index (χ4v) is 9.08. The summed E-state index contributed by atoms with van der Waals surface area (Å²) in [5.74, 6) is 6.35. The summed E-state index contributed by atoms with van der Waals surface area (Å²) >= 11 is 0. The lowest BCUT2D eigenvalue weighted by atomic mass is 10.0. The van der Waals surface area contributed by atoms with Gasteiger partial charge in [-0.1, -0.05) is 67.2 Å². The molecule has 0 unspecified atom stereocenters. The fourth-order valence-electron chi connectivity index (χ4n) is 3.84. The molecule has 0 rings (SSSR count). The van der Waals surface area contributed by atoms with Gasteiger partial charge in [-0.2, -0.15) is 0 Å². The second kappa shape index (κ2) is 11.0. The van der Waals surface area contributed by atoms with E-state index in [1.807, 2.05) is 0 Å². The maximum atomic E-state index is 10.0. The highest BCUT2D eigenvalue weighted by Gasteiger charge is 2.41. The van der Waals surface area contributed by atoms with Gasteiger partial charge in [0.05, 0.1) is 6.10 Å². The molecule has 0 amide bonds. The molecular weight excluding hydrogens is 312 g/mol. The number of aliphatic hydroxyl groups excluding tert-OH is 1. The largest absolute Gasteiger partial charge is 0.393 e. The van der Waals surface area contributed by atoms with E-state index in [0.29, 0.717) is 35.6 Å². The van der Waals surface area contributed by atoms with Crippen LogP contribution < -0.4 is 0 Å². The molecule has 0 aliphatic rings. The van der Waals surface area contributed by atoms with Crippen molar-refractivity contribution in [2.24, 2.45) is 5.92 Å². The molecule has 0 radical (unpaired) electrons. The summed E-state index contributed by atoms with van der Waals surface area (Å²) in [6.07, 6.45) is 6.00. The van der Waals surface area contributed by atoms with Crippen LogP contribution in [0.15, 0.2) is 0 Å². The first-order chi connectivity index (χ1) is 11.1. The second-order valence-electron chi connectivity index (χ2n) is 8.18. The van der Waals surface area contributed by atoms with Crippen molar-refractivity contribution in [3.8, 4) is 23.8 Å². The highest BCUT2D eigenvalue weighted by atomic mass is 28.3. The highest BCUT2D eigenvalue weighted by Crippen LogP contribution is 2.40. The van der Waals surface area contributed by atoms with Gasteiger partial charge in [-0.3, -0.25) is 0 Å². The second-order valence-corrected chi connectivity index (χ2v) is 13.8. The Balaban J connectivity index is 4.83. The standard InChI is InChI=1S/C21H38O2Si/c1-10-21(15-20(22)14-16(2)3)23-12-11-13-24(17(4)5,18(6)7)19(8)9/h1,16-22H,12,14-15H2,2-9H3/t20-,21+/m1/s1. The van der Waals surface area contributed by atoms with E-state index in [1.165, 1.54) is 0 Å². The van der Waals surface area contributed by atoms with Crippen molar-refractivity contribution in [1.29, 1.82) is 0 Å². The Bertz CT molecular complexity index is 427. The smallest absolute Gasteiger partial charge is 0.146 e. The van der Waals surface area contributed by atoms with Crippen LogP contribution in [0.25, 0.3) is 0 Å². The summed E-state index contributed by atoms with van der Waals surface area (Å²) in [7, 11) is -1.71. The Morgan fingerprint density at radius 1 is 0.917 bits per heavy atom. The molecule has 0 saturated carbocycles. The summed E-state index contributed by atoms with van der Waals surface area (Å²) in [6, 6.07) is 0. The predicted octanol–water partition coefficient (Wildman–Crippen LogP) is 5.02. The van der Waals surface area contributed by atoms with E-state index < -0.39 is 14.2 Å². The van der Waals surface area contributed by atoms with Crippen molar-refractivity contribution < 1.29 is 9.84 Å². The number of aliphatic hydroxyl groups is 1. The van der Waals surface area contributed by atoms with Crippen molar-refractivity contribution in [2.45, 2.75) is 97.1 Å². The Morgan fingerprint density at radius 3 is 1.79 bits per heavy atom. The van der Waals surface area contributed by atoms with Crippen LogP contribution in [0, 0.1) is 29.7 Å². The van der Waals surface area contributed by atoms with Gasteiger partial charge in [0.15, 0.2) is 0 Å². The quantitative estimate of drug-likeness (QED) is 0.467. The van der Waals surface area contributed by atoms with Gasteiger partial charge < -0.3 is 9.84 Å². The molecule has 138 valence electrons. The molecule has 0 saturated heterocycles. The SMILES string of the molecule is C#C[C@@H](C[C@H](O)CC(C)C)OCC#C[Si](C(C)C)(C(C)C)C(C)C. The molecule has 0 fully saturated rings. The molecule has 0 aromatic carbocycles. The molecule has 24 heavy (non-hydrogen) atoms. The predicted molar refractivity (Wildman–Crippen MR) is 107 cm³/mol. The van der Waals surface area contributed by atoms with Crippen molar-refractivity contribution in [1.82, 2.24) is 0 Å². The van der Waals surface area contributed by atoms with Crippen LogP contribution in [0.5, 0.6) is 0 Å². The molecule has 0 heterocycles. The molecule has 2 nitrogen and oxygen atoms in total. The average molecular weight is 351 g/mol. The monoisotopic (exact) mass is 350 g/mol. The molecule has 0 spiro atoms. The Hall–Kier alpha value is -0.743. The van der Waals surface area contributed by atoms with Gasteiger partial charge in [0.1, 0.15) is 20.8 Å². The first-order valence-electron chi connectivity index (χ1n) is 9.33. The average Bonchev–Trinajstić information content (AvgIpc) is 2.43. The van der Waals surface area contributed by atoms with Crippen LogP contribution >= 0.6 is 0 Å². The molecule has 0 aromatic heterocycles. The molecule has 0 aromatic rings. The zero-order valence-electron chi connectivity index (χ0n) is 17.0. The maximum Gasteiger partial charge on any atom is 0.146 e. The number of terminal acetylenes is 1. The minimum Gasteiger partial charge on any atom is -0.393 e. The molecule has 0 bridgehead atoms. The van der Waals surface area contributed by atoms with Crippen LogP contribution in [0.1, 0.15) is 68.2 Å². The topological polar surface area (TPSA) is 29.5 Å². The van der Waals surface area contributed by atoms with Crippen LogP contribution in [0.4, 0.5) is 0 Å². The molecular formula is C21H38O2Si. The van der Waals surface area contributed by atoms with Gasteiger partial charge >= 0.3 is 0 Å². The van der Waals surface area contributed by atoms with E-state index in [-0.39, 0.29) is 6.10 Å². The van der Waals surface area contributed by atoms with Crippen LogP contribution in [0.3, 0.4) is 0 Å². The first kappa shape index (κ1) is 23.3. The van der Waals surface area contributed by atoms with E-state index in [0.717, 1.165) is 6.42 Å². The van der Waals surface area contributed by atoms with Crippen molar-refractivity contribution in [3.05, 3.63) is 0 Å². The first-order valence-corrected chi connectivity index (χ1v) is 11.6. The Morgan fingerprint density at radius 2 is 1.42 bits per heavy atom. The zero-order valence-corrected chi connectivity index (χ0v) is 18.0. The molecule has 3 heteroatoms. The molecule has 2 atom stereocenters. The van der Waals surface area contributed by atoms with Gasteiger partial charge in [0.2, 0.25) is 0 Å². The highest BCUT2D eigenvalue weighted by molar-refractivity contribution is 6.90. The third-order valence-corrected chi connectivity index (χ3v) is 11.3. The van der Waals surface area contributed by atoms with Crippen LogP contribution in [-0.4, -0.2) is 32.0 Å². The van der Waals surface area contributed by atoms with Crippen LogP contribution in [-0.2, 0) is 4.74 Å². The van der Waals surface area contributed by atoms with E-state index in [2.05, 4.69) is 72.8 Å². The molecule has 0 aliphatic heterocycles. The Labute approximate surface area is 151 Å². The number of rotatable bonds is 9. The summed E-state index contributed by atoms with van der Waals surface area (Å²) < 4.78 is 5.73. The lowest BCUT2D eigenvalue weighted by Crippen LogP contribution is -2.43. The van der Waals surface area contributed by atoms with Crippen molar-refractivity contribution >= 4 is 8.07 Å². The van der Waals surface area contributed by atoms with Crippen molar-refractivity contribution in [3.63, 3.8) is 0 Å². The van der Waals surface area contributed by atoms with E-state index in [1.54, 1.807) is 0 Å². The normalized spacial score (nSPS) is 14.7. The van der Waals surface area contributed by atoms with Gasteiger partial charge in [-0.25, -0.2) is 0 Å².